The lowest BCUT2D eigenvalue weighted by Gasteiger charge is -2.38. The first-order valence-electron chi connectivity index (χ1n) is 8.92. The smallest absolute Gasteiger partial charge is 0.334 e. The highest BCUT2D eigenvalue weighted by molar-refractivity contribution is 6.76. The number of hydrogen-bond acceptors (Lipinski definition) is 3. The van der Waals surface area contributed by atoms with E-state index in [4.69, 9.17) is 8.85 Å². The minimum atomic E-state index is -1.90. The van der Waals surface area contributed by atoms with Gasteiger partial charge in [0.05, 0.1) is 0 Å². The molecule has 0 N–H and O–H groups in total. The Bertz CT molecular complexity index is 246. The van der Waals surface area contributed by atoms with E-state index < -0.39 is 16.8 Å². The summed E-state index contributed by atoms with van der Waals surface area (Å²) >= 11 is 0. The Morgan fingerprint density at radius 1 is 0.810 bits per heavy atom. The van der Waals surface area contributed by atoms with Gasteiger partial charge < -0.3 is 13.4 Å². The van der Waals surface area contributed by atoms with Gasteiger partial charge in [-0.2, -0.15) is 0 Å². The van der Waals surface area contributed by atoms with Crippen molar-refractivity contribution in [2.24, 2.45) is 0 Å². The fraction of sp³-hybridized carbons (Fsp3) is 1.00. The topological polar surface area (TPSA) is 21.7 Å². The lowest BCUT2D eigenvalue weighted by atomic mass is 10.3. The molecule has 0 aliphatic carbocycles. The van der Waals surface area contributed by atoms with Gasteiger partial charge in [-0.05, 0) is 64.6 Å². The van der Waals surface area contributed by atoms with Gasteiger partial charge in [-0.1, -0.05) is 27.2 Å². The van der Waals surface area contributed by atoms with Crippen LogP contribution in [-0.2, 0) is 8.85 Å². The molecule has 0 atom stereocenters. The van der Waals surface area contributed by atoms with E-state index in [1.165, 1.54) is 37.5 Å². The minimum absolute atomic E-state index is 0.778. The molecule has 0 fully saturated rings. The molecule has 0 radical (unpaired) electrons. The van der Waals surface area contributed by atoms with E-state index in [-0.39, 0.29) is 0 Å². The number of unbranched alkanes of at least 4 members (excludes halogenated alkanes) is 1. The second kappa shape index (κ2) is 10.9. The highest BCUT2D eigenvalue weighted by atomic mass is 28.4. The Kier molecular flexibility index (Phi) is 11.1. The van der Waals surface area contributed by atoms with E-state index in [1.807, 2.05) is 0 Å². The van der Waals surface area contributed by atoms with Crippen molar-refractivity contribution in [3.8, 4) is 0 Å². The van der Waals surface area contributed by atoms with Crippen molar-refractivity contribution >= 4 is 16.8 Å². The Hall–Kier alpha value is 0.314. The van der Waals surface area contributed by atoms with Crippen LogP contribution in [0, 0.1) is 0 Å². The quantitative estimate of drug-likeness (QED) is 0.355. The second-order valence-corrected chi connectivity index (χ2v) is 14.8. The maximum atomic E-state index is 5.92. The first-order valence-corrected chi connectivity index (χ1v) is 14.0. The molecule has 0 aliphatic rings. The summed E-state index contributed by atoms with van der Waals surface area (Å²) in [6.45, 7) is 16.3. The molecule has 0 saturated carbocycles. The monoisotopic (exact) mass is 333 g/mol. The van der Waals surface area contributed by atoms with Crippen LogP contribution in [0.3, 0.4) is 0 Å². The van der Waals surface area contributed by atoms with Crippen LogP contribution in [0.15, 0.2) is 0 Å². The molecule has 3 nitrogen and oxygen atoms in total. The molecule has 0 aromatic rings. The second-order valence-electron chi connectivity index (χ2n) is 6.16. The van der Waals surface area contributed by atoms with Crippen molar-refractivity contribution in [3.05, 3.63) is 0 Å². The van der Waals surface area contributed by atoms with Crippen LogP contribution in [0.2, 0.25) is 30.7 Å². The zero-order valence-corrected chi connectivity index (χ0v) is 17.6. The van der Waals surface area contributed by atoms with Crippen LogP contribution < -0.4 is 0 Å². The van der Waals surface area contributed by atoms with Crippen molar-refractivity contribution in [1.82, 2.24) is 4.57 Å². The van der Waals surface area contributed by atoms with E-state index >= 15 is 0 Å². The van der Waals surface area contributed by atoms with Crippen LogP contribution in [-0.4, -0.2) is 48.2 Å². The predicted octanol–water partition coefficient (Wildman–Crippen LogP) is 4.85. The molecule has 0 heterocycles. The molecule has 0 aliphatic heterocycles. The summed E-state index contributed by atoms with van der Waals surface area (Å²) in [5, 5.41) is 0. The van der Waals surface area contributed by atoms with Gasteiger partial charge in [-0.25, -0.2) is 0 Å². The number of nitrogens with zero attached hydrogens (tertiary/aromatic N) is 1. The molecule has 5 heteroatoms. The van der Waals surface area contributed by atoms with E-state index in [0.29, 0.717) is 0 Å². The molecule has 0 bridgehead atoms. The fourth-order valence-electron chi connectivity index (χ4n) is 3.39. The average molecular weight is 334 g/mol. The molecule has 0 aromatic carbocycles. The summed E-state index contributed by atoms with van der Waals surface area (Å²) in [5.74, 6) is 0. The van der Waals surface area contributed by atoms with Gasteiger partial charge in [0.2, 0.25) is 0 Å². The lowest BCUT2D eigenvalue weighted by molar-refractivity contribution is 0.188. The zero-order chi connectivity index (χ0) is 16.4. The summed E-state index contributed by atoms with van der Waals surface area (Å²) in [6, 6.07) is 5.25. The molecular weight excluding hydrogens is 294 g/mol. The van der Waals surface area contributed by atoms with Gasteiger partial charge in [-0.3, -0.25) is 0 Å². The molecule has 0 amide bonds. The molecule has 128 valence electrons. The van der Waals surface area contributed by atoms with Gasteiger partial charge >= 0.3 is 8.56 Å². The maximum absolute atomic E-state index is 5.92. The summed E-state index contributed by atoms with van der Waals surface area (Å²) in [6.07, 6.45) is 2.50. The minimum Gasteiger partial charge on any atom is -0.395 e. The van der Waals surface area contributed by atoms with Crippen LogP contribution in [0.4, 0.5) is 0 Å². The normalized spacial score (nSPS) is 13.1. The molecule has 0 saturated heterocycles. The highest BCUT2D eigenvalue weighted by Crippen LogP contribution is 2.24. The van der Waals surface area contributed by atoms with Crippen LogP contribution in [0.25, 0.3) is 0 Å². The summed E-state index contributed by atoms with van der Waals surface area (Å²) < 4.78 is 14.6. The lowest BCUT2D eigenvalue weighted by Crippen LogP contribution is -2.50. The van der Waals surface area contributed by atoms with Gasteiger partial charge in [0.25, 0.3) is 0 Å². The third-order valence-electron chi connectivity index (χ3n) is 5.06. The molecule has 0 spiro atoms. The van der Waals surface area contributed by atoms with Crippen molar-refractivity contribution in [2.75, 3.05) is 26.8 Å². The van der Waals surface area contributed by atoms with Crippen LogP contribution >= 0.6 is 0 Å². The maximum Gasteiger partial charge on any atom is 0.334 e. The summed E-state index contributed by atoms with van der Waals surface area (Å²) in [7, 11) is -0.713. The Morgan fingerprint density at radius 3 is 1.67 bits per heavy atom. The third kappa shape index (κ3) is 6.95. The number of rotatable bonds is 13. The van der Waals surface area contributed by atoms with Crippen LogP contribution in [0.1, 0.15) is 47.5 Å². The van der Waals surface area contributed by atoms with Crippen LogP contribution in [0.5, 0.6) is 0 Å². The molecule has 21 heavy (non-hydrogen) atoms. The Labute approximate surface area is 135 Å². The van der Waals surface area contributed by atoms with Crippen molar-refractivity contribution in [2.45, 2.75) is 78.2 Å². The Balaban J connectivity index is 4.23. The molecular formula is C16H39NO2Si2. The standard InChI is InChI=1S/C16H39NO2Si2/c1-8-18-20(7,19-9-2)16-14-13-15-17(6)21(10-3,11-4)12-5/h8-16H2,1-7H3. The van der Waals surface area contributed by atoms with Crippen molar-refractivity contribution in [3.63, 3.8) is 0 Å². The van der Waals surface area contributed by atoms with Gasteiger partial charge in [0, 0.05) is 13.2 Å². The highest BCUT2D eigenvalue weighted by Gasteiger charge is 2.32. The zero-order valence-electron chi connectivity index (χ0n) is 15.6. The first-order chi connectivity index (χ1) is 9.93. The van der Waals surface area contributed by atoms with Gasteiger partial charge in [0.15, 0.2) is 0 Å². The van der Waals surface area contributed by atoms with E-state index in [2.05, 4.69) is 52.8 Å². The van der Waals surface area contributed by atoms with Crippen molar-refractivity contribution < 1.29 is 8.85 Å². The first kappa shape index (κ1) is 21.3. The van der Waals surface area contributed by atoms with E-state index in [9.17, 15) is 0 Å². The molecule has 0 unspecified atom stereocenters. The van der Waals surface area contributed by atoms with E-state index in [1.54, 1.807) is 0 Å². The predicted molar refractivity (Wildman–Crippen MR) is 98.7 cm³/mol. The average Bonchev–Trinajstić information content (AvgIpc) is 2.47. The number of hydrogen-bond donors (Lipinski definition) is 0. The summed E-state index contributed by atoms with van der Waals surface area (Å²) in [5.41, 5.74) is 0. The molecule has 0 rings (SSSR count). The third-order valence-corrected chi connectivity index (χ3v) is 13.9. The molecule has 0 aromatic heterocycles. The SMILES string of the molecule is CCO[Si](C)(CCCCN(C)[Si](CC)(CC)CC)OCC. The van der Waals surface area contributed by atoms with E-state index in [0.717, 1.165) is 19.3 Å². The van der Waals surface area contributed by atoms with Gasteiger partial charge in [0.1, 0.15) is 8.24 Å². The largest absolute Gasteiger partial charge is 0.395 e. The summed E-state index contributed by atoms with van der Waals surface area (Å²) in [4.78, 5) is 0. The Morgan fingerprint density at radius 2 is 1.29 bits per heavy atom. The van der Waals surface area contributed by atoms with Crippen molar-refractivity contribution in [1.29, 1.82) is 0 Å². The fourth-order valence-corrected chi connectivity index (χ4v) is 9.63. The van der Waals surface area contributed by atoms with Gasteiger partial charge in [-0.15, -0.1) is 0 Å².